The zero-order valence-corrected chi connectivity index (χ0v) is 8.43. The van der Waals surface area contributed by atoms with Crippen molar-refractivity contribution in [3.8, 4) is 0 Å². The van der Waals surface area contributed by atoms with Gasteiger partial charge in [0.1, 0.15) is 6.42 Å². The van der Waals surface area contributed by atoms with E-state index >= 15 is 0 Å². The molecule has 84 valence electrons. The number of amides is 1. The molecular weight excluding hydrogens is 202 g/mol. The Morgan fingerprint density at radius 1 is 1.40 bits per heavy atom. The molecule has 1 saturated heterocycles. The second-order valence-electron chi connectivity index (χ2n) is 3.33. The van der Waals surface area contributed by atoms with E-state index in [2.05, 4.69) is 4.74 Å². The second kappa shape index (κ2) is 4.77. The first-order valence-corrected chi connectivity index (χ1v) is 4.70. The molecule has 1 N–H and O–H groups in total. The van der Waals surface area contributed by atoms with Crippen LogP contribution in [0.5, 0.6) is 0 Å². The SMILES string of the molecule is CCOC(=O)CC(=O)C1CN(C(=O)O)C1. The Morgan fingerprint density at radius 3 is 2.47 bits per heavy atom. The molecule has 0 bridgehead atoms. The number of ether oxygens (including phenoxy) is 1. The maximum atomic E-state index is 11.4. The summed E-state index contributed by atoms with van der Waals surface area (Å²) in [6.07, 6.45) is -1.29. The first-order chi connectivity index (χ1) is 7.04. The van der Waals surface area contributed by atoms with Crippen LogP contribution in [0.4, 0.5) is 4.79 Å². The van der Waals surface area contributed by atoms with Gasteiger partial charge in [-0.05, 0) is 6.92 Å². The third kappa shape index (κ3) is 2.93. The van der Waals surface area contributed by atoms with Crippen molar-refractivity contribution in [3.63, 3.8) is 0 Å². The maximum absolute atomic E-state index is 11.4. The summed E-state index contributed by atoms with van der Waals surface area (Å²) in [6.45, 7) is 2.29. The molecule has 1 aliphatic rings. The van der Waals surface area contributed by atoms with Crippen LogP contribution in [0, 0.1) is 5.92 Å². The molecule has 6 nitrogen and oxygen atoms in total. The summed E-state index contributed by atoms with van der Waals surface area (Å²) in [4.78, 5) is 33.8. The molecule has 0 aromatic heterocycles. The van der Waals surface area contributed by atoms with Gasteiger partial charge in [0.25, 0.3) is 0 Å². The maximum Gasteiger partial charge on any atom is 0.407 e. The second-order valence-corrected chi connectivity index (χ2v) is 3.33. The molecule has 1 fully saturated rings. The van der Waals surface area contributed by atoms with Gasteiger partial charge in [0.2, 0.25) is 0 Å². The van der Waals surface area contributed by atoms with Crippen molar-refractivity contribution < 1.29 is 24.2 Å². The van der Waals surface area contributed by atoms with E-state index in [1.54, 1.807) is 6.92 Å². The zero-order valence-electron chi connectivity index (χ0n) is 8.43. The Kier molecular flexibility index (Phi) is 3.65. The van der Waals surface area contributed by atoms with Crippen molar-refractivity contribution in [2.45, 2.75) is 13.3 Å². The van der Waals surface area contributed by atoms with Crippen LogP contribution in [0.25, 0.3) is 0 Å². The summed E-state index contributed by atoms with van der Waals surface area (Å²) in [5.74, 6) is -1.13. The van der Waals surface area contributed by atoms with Gasteiger partial charge < -0.3 is 14.7 Å². The molecule has 0 unspecified atom stereocenters. The third-order valence-corrected chi connectivity index (χ3v) is 2.23. The first-order valence-electron chi connectivity index (χ1n) is 4.70. The minimum atomic E-state index is -1.03. The highest BCUT2D eigenvalue weighted by Crippen LogP contribution is 2.17. The summed E-state index contributed by atoms with van der Waals surface area (Å²) >= 11 is 0. The first kappa shape index (κ1) is 11.5. The minimum absolute atomic E-state index is 0.188. The minimum Gasteiger partial charge on any atom is -0.466 e. The molecule has 1 aliphatic heterocycles. The predicted octanol–water partition coefficient (Wildman–Crippen LogP) is 0.118. The van der Waals surface area contributed by atoms with Crippen LogP contribution in [0.1, 0.15) is 13.3 Å². The molecule has 1 amide bonds. The molecular formula is C9H13NO5. The number of ketones is 1. The summed E-state index contributed by atoms with van der Waals surface area (Å²) in [6, 6.07) is 0. The van der Waals surface area contributed by atoms with E-state index in [1.807, 2.05) is 0 Å². The van der Waals surface area contributed by atoms with E-state index < -0.39 is 12.1 Å². The molecule has 0 saturated carbocycles. The van der Waals surface area contributed by atoms with Gasteiger partial charge in [0.15, 0.2) is 5.78 Å². The number of rotatable bonds is 4. The highest BCUT2D eigenvalue weighted by molar-refractivity contribution is 5.97. The molecule has 0 aromatic carbocycles. The number of nitrogens with zero attached hydrogens (tertiary/aromatic N) is 1. The summed E-state index contributed by atoms with van der Waals surface area (Å²) < 4.78 is 4.62. The van der Waals surface area contributed by atoms with Gasteiger partial charge in [-0.2, -0.15) is 0 Å². The number of carboxylic acid groups (broad SMARTS) is 1. The van der Waals surface area contributed by atoms with E-state index in [4.69, 9.17) is 5.11 Å². The van der Waals surface area contributed by atoms with E-state index in [9.17, 15) is 14.4 Å². The highest BCUT2D eigenvalue weighted by atomic mass is 16.5. The largest absolute Gasteiger partial charge is 0.466 e. The fourth-order valence-corrected chi connectivity index (χ4v) is 1.34. The van der Waals surface area contributed by atoms with Crippen LogP contribution in [0.2, 0.25) is 0 Å². The summed E-state index contributed by atoms with van der Waals surface area (Å²) in [7, 11) is 0. The Labute approximate surface area is 86.8 Å². The van der Waals surface area contributed by atoms with Gasteiger partial charge in [-0.25, -0.2) is 4.79 Å². The zero-order chi connectivity index (χ0) is 11.4. The summed E-state index contributed by atoms with van der Waals surface area (Å²) in [5.41, 5.74) is 0. The Balaban J connectivity index is 2.26. The average molecular weight is 215 g/mol. The lowest BCUT2D eigenvalue weighted by atomic mass is 9.94. The number of hydrogen-bond donors (Lipinski definition) is 1. The lowest BCUT2D eigenvalue weighted by Gasteiger charge is -2.35. The lowest BCUT2D eigenvalue weighted by Crippen LogP contribution is -2.52. The fraction of sp³-hybridized carbons (Fsp3) is 0.667. The van der Waals surface area contributed by atoms with Crippen molar-refractivity contribution in [2.24, 2.45) is 5.92 Å². The van der Waals surface area contributed by atoms with Gasteiger partial charge >= 0.3 is 12.1 Å². The van der Waals surface area contributed by atoms with Crippen LogP contribution in [0.15, 0.2) is 0 Å². The highest BCUT2D eigenvalue weighted by Gasteiger charge is 2.36. The Hall–Kier alpha value is -1.59. The van der Waals surface area contributed by atoms with Crippen LogP contribution in [0.3, 0.4) is 0 Å². The number of esters is 1. The van der Waals surface area contributed by atoms with Crippen molar-refractivity contribution >= 4 is 17.8 Å². The van der Waals surface area contributed by atoms with Crippen molar-refractivity contribution in [1.29, 1.82) is 0 Å². The van der Waals surface area contributed by atoms with Gasteiger partial charge in [0.05, 0.1) is 12.5 Å². The van der Waals surface area contributed by atoms with Crippen molar-refractivity contribution in [1.82, 2.24) is 4.90 Å². The average Bonchev–Trinajstić information content (AvgIpc) is 1.99. The van der Waals surface area contributed by atoms with E-state index in [-0.39, 0.29) is 37.8 Å². The molecule has 0 aliphatic carbocycles. The van der Waals surface area contributed by atoms with Gasteiger partial charge in [0, 0.05) is 13.1 Å². The van der Waals surface area contributed by atoms with Gasteiger partial charge in [-0.1, -0.05) is 0 Å². The number of hydrogen-bond acceptors (Lipinski definition) is 4. The molecule has 0 spiro atoms. The van der Waals surface area contributed by atoms with E-state index in [1.165, 1.54) is 0 Å². The number of carbonyl (C=O) groups is 3. The number of likely N-dealkylation sites (tertiary alicyclic amines) is 1. The van der Waals surface area contributed by atoms with E-state index in [0.29, 0.717) is 0 Å². The van der Waals surface area contributed by atoms with Crippen molar-refractivity contribution in [2.75, 3.05) is 19.7 Å². The van der Waals surface area contributed by atoms with Crippen LogP contribution in [-0.4, -0.2) is 47.5 Å². The Bertz CT molecular complexity index is 282. The predicted molar refractivity (Wildman–Crippen MR) is 49.3 cm³/mol. The standard InChI is InChI=1S/C9H13NO5/c1-2-15-8(12)3-7(11)6-4-10(5-6)9(13)14/h6H,2-5H2,1H3,(H,13,14). The van der Waals surface area contributed by atoms with Crippen LogP contribution >= 0.6 is 0 Å². The lowest BCUT2D eigenvalue weighted by molar-refractivity contribution is -0.147. The normalized spacial score (nSPS) is 15.7. The van der Waals surface area contributed by atoms with Crippen molar-refractivity contribution in [3.05, 3.63) is 0 Å². The molecule has 0 aromatic rings. The quantitative estimate of drug-likeness (QED) is 0.531. The number of carbonyl (C=O) groups excluding carboxylic acids is 2. The van der Waals surface area contributed by atoms with Crippen LogP contribution in [-0.2, 0) is 14.3 Å². The smallest absolute Gasteiger partial charge is 0.407 e. The van der Waals surface area contributed by atoms with Crippen LogP contribution < -0.4 is 0 Å². The Morgan fingerprint density at radius 2 is 2.00 bits per heavy atom. The molecule has 0 atom stereocenters. The summed E-state index contributed by atoms with van der Waals surface area (Å²) in [5, 5.41) is 8.52. The van der Waals surface area contributed by atoms with Gasteiger partial charge in [-0.15, -0.1) is 0 Å². The number of Topliss-reactive ketones (excluding diaryl/α,β-unsaturated/α-hetero) is 1. The van der Waals surface area contributed by atoms with E-state index in [0.717, 1.165) is 4.90 Å². The molecule has 0 radical (unpaired) electrons. The fourth-order valence-electron chi connectivity index (χ4n) is 1.34. The molecule has 1 heterocycles. The topological polar surface area (TPSA) is 83.9 Å². The monoisotopic (exact) mass is 215 g/mol. The molecule has 6 heteroatoms. The molecule has 15 heavy (non-hydrogen) atoms. The van der Waals surface area contributed by atoms with Gasteiger partial charge in [-0.3, -0.25) is 9.59 Å². The molecule has 1 rings (SSSR count). The third-order valence-electron chi connectivity index (χ3n) is 2.23.